The molecule has 1 heterocycles. The Hall–Kier alpha value is -2.10. The highest BCUT2D eigenvalue weighted by molar-refractivity contribution is 5.95. The van der Waals surface area contributed by atoms with Crippen molar-refractivity contribution in [3.63, 3.8) is 0 Å². The van der Waals surface area contributed by atoms with E-state index in [1.54, 1.807) is 18.2 Å². The molecule has 0 atom stereocenters. The maximum absolute atomic E-state index is 11.2. The number of rotatable bonds is 4. The molecule has 4 nitrogen and oxygen atoms in total. The Morgan fingerprint density at radius 1 is 1.33 bits per heavy atom. The van der Waals surface area contributed by atoms with Gasteiger partial charge < -0.3 is 9.15 Å². The van der Waals surface area contributed by atoms with Gasteiger partial charge in [0.2, 0.25) is 0 Å². The quantitative estimate of drug-likeness (QED) is 0.614. The minimum absolute atomic E-state index is 0.316. The second-order valence-electron chi connectivity index (χ2n) is 4.50. The van der Waals surface area contributed by atoms with Crippen molar-refractivity contribution in [2.45, 2.75) is 13.8 Å². The van der Waals surface area contributed by atoms with Gasteiger partial charge >= 0.3 is 5.63 Å². The zero-order valence-corrected chi connectivity index (χ0v) is 10.3. The molecular weight excluding hydrogens is 232 g/mol. The summed E-state index contributed by atoms with van der Waals surface area (Å²) in [7, 11) is 0. The van der Waals surface area contributed by atoms with Gasteiger partial charge in [-0.1, -0.05) is 13.8 Å². The summed E-state index contributed by atoms with van der Waals surface area (Å²) in [6.07, 6.45) is 0.644. The standard InChI is InChI=1S/C14H14O4/c1-9(2)8-17-11-3-4-13-12(6-11)10(7-15)5-14(16)18-13/h3-7,9H,8H2,1-2H3. The van der Waals surface area contributed by atoms with Crippen LogP contribution in [0.5, 0.6) is 5.75 Å². The van der Waals surface area contributed by atoms with Gasteiger partial charge in [-0.05, 0) is 24.1 Å². The molecule has 0 aliphatic rings. The van der Waals surface area contributed by atoms with Crippen LogP contribution >= 0.6 is 0 Å². The fourth-order valence-corrected chi connectivity index (χ4v) is 1.62. The van der Waals surface area contributed by atoms with Crippen LogP contribution in [0.25, 0.3) is 11.0 Å². The predicted octanol–water partition coefficient (Wildman–Crippen LogP) is 2.64. The fourth-order valence-electron chi connectivity index (χ4n) is 1.62. The van der Waals surface area contributed by atoms with Crippen molar-refractivity contribution in [1.82, 2.24) is 0 Å². The van der Waals surface area contributed by atoms with Crippen molar-refractivity contribution in [3.8, 4) is 5.75 Å². The number of hydrogen-bond donors (Lipinski definition) is 0. The van der Waals surface area contributed by atoms with E-state index in [2.05, 4.69) is 13.8 Å². The Morgan fingerprint density at radius 3 is 2.78 bits per heavy atom. The first-order valence-corrected chi connectivity index (χ1v) is 5.76. The third kappa shape index (κ3) is 2.59. The predicted molar refractivity (Wildman–Crippen MR) is 68.2 cm³/mol. The maximum Gasteiger partial charge on any atom is 0.336 e. The number of hydrogen-bond acceptors (Lipinski definition) is 4. The summed E-state index contributed by atoms with van der Waals surface area (Å²) in [5.41, 5.74) is 0.179. The van der Waals surface area contributed by atoms with E-state index in [0.717, 1.165) is 0 Å². The van der Waals surface area contributed by atoms with Gasteiger partial charge in [-0.15, -0.1) is 0 Å². The monoisotopic (exact) mass is 246 g/mol. The van der Waals surface area contributed by atoms with E-state index in [0.29, 0.717) is 41.1 Å². The number of fused-ring (bicyclic) bond motifs is 1. The topological polar surface area (TPSA) is 56.5 Å². The van der Waals surface area contributed by atoms with Crippen LogP contribution in [0, 0.1) is 5.92 Å². The molecule has 0 aliphatic heterocycles. The van der Waals surface area contributed by atoms with E-state index >= 15 is 0 Å². The molecule has 0 aliphatic carbocycles. The third-order valence-electron chi connectivity index (χ3n) is 2.46. The molecule has 2 rings (SSSR count). The van der Waals surface area contributed by atoms with E-state index < -0.39 is 5.63 Å². The van der Waals surface area contributed by atoms with Crippen molar-refractivity contribution in [3.05, 3.63) is 40.2 Å². The van der Waals surface area contributed by atoms with Crippen molar-refractivity contribution in [1.29, 1.82) is 0 Å². The van der Waals surface area contributed by atoms with Crippen molar-refractivity contribution < 1.29 is 13.9 Å². The summed E-state index contributed by atoms with van der Waals surface area (Å²) in [5, 5.41) is 0.589. The Labute approximate surface area is 104 Å². The molecule has 0 bridgehead atoms. The smallest absolute Gasteiger partial charge is 0.336 e. The zero-order chi connectivity index (χ0) is 13.1. The van der Waals surface area contributed by atoms with Gasteiger partial charge in [-0.25, -0.2) is 4.79 Å². The zero-order valence-electron chi connectivity index (χ0n) is 10.3. The van der Waals surface area contributed by atoms with Crippen molar-refractivity contribution in [2.24, 2.45) is 5.92 Å². The van der Waals surface area contributed by atoms with Crippen LogP contribution in [0.2, 0.25) is 0 Å². The Kier molecular flexibility index (Phi) is 3.46. The molecule has 1 aromatic carbocycles. The average molecular weight is 246 g/mol. The van der Waals surface area contributed by atoms with Crippen LogP contribution in [0.4, 0.5) is 0 Å². The fraction of sp³-hybridized carbons (Fsp3) is 0.286. The van der Waals surface area contributed by atoms with Crippen LogP contribution in [0.15, 0.2) is 33.5 Å². The molecule has 18 heavy (non-hydrogen) atoms. The van der Waals surface area contributed by atoms with Crippen LogP contribution in [0.1, 0.15) is 24.2 Å². The largest absolute Gasteiger partial charge is 0.493 e. The lowest BCUT2D eigenvalue weighted by molar-refractivity contribution is 0.112. The number of aldehydes is 1. The molecule has 0 radical (unpaired) electrons. The molecule has 0 spiro atoms. The minimum atomic E-state index is -0.527. The van der Waals surface area contributed by atoms with Gasteiger partial charge in [-0.2, -0.15) is 0 Å². The third-order valence-corrected chi connectivity index (χ3v) is 2.46. The van der Waals surface area contributed by atoms with Gasteiger partial charge in [0.05, 0.1) is 6.61 Å². The van der Waals surface area contributed by atoms with Crippen LogP contribution in [0.3, 0.4) is 0 Å². The number of ether oxygens (including phenoxy) is 1. The van der Waals surface area contributed by atoms with Crippen molar-refractivity contribution in [2.75, 3.05) is 6.61 Å². The first-order valence-electron chi connectivity index (χ1n) is 5.76. The van der Waals surface area contributed by atoms with E-state index in [1.165, 1.54) is 6.07 Å². The number of carbonyl (C=O) groups excluding carboxylic acids is 1. The Morgan fingerprint density at radius 2 is 2.11 bits per heavy atom. The maximum atomic E-state index is 11.2. The summed E-state index contributed by atoms with van der Waals surface area (Å²) in [6.45, 7) is 4.70. The first-order chi connectivity index (χ1) is 8.60. The summed E-state index contributed by atoms with van der Waals surface area (Å²) in [4.78, 5) is 22.1. The van der Waals surface area contributed by atoms with E-state index in [9.17, 15) is 9.59 Å². The normalized spacial score (nSPS) is 10.8. The van der Waals surface area contributed by atoms with Gasteiger partial charge in [-0.3, -0.25) is 4.79 Å². The molecule has 94 valence electrons. The highest BCUT2D eigenvalue weighted by atomic mass is 16.5. The molecule has 0 unspecified atom stereocenters. The second-order valence-corrected chi connectivity index (χ2v) is 4.50. The molecule has 0 N–H and O–H groups in total. The van der Waals surface area contributed by atoms with Gasteiger partial charge in [0.25, 0.3) is 0 Å². The molecule has 0 saturated heterocycles. The summed E-state index contributed by atoms with van der Waals surface area (Å²) in [6, 6.07) is 6.26. The lowest BCUT2D eigenvalue weighted by Gasteiger charge is -2.09. The van der Waals surface area contributed by atoms with Crippen LogP contribution < -0.4 is 10.4 Å². The molecule has 0 amide bonds. The van der Waals surface area contributed by atoms with Gasteiger partial charge in [0, 0.05) is 17.0 Å². The van der Waals surface area contributed by atoms with Gasteiger partial charge in [0.15, 0.2) is 6.29 Å². The SMILES string of the molecule is CC(C)COc1ccc2oc(=O)cc(C=O)c2c1. The number of benzene rings is 1. The molecule has 0 saturated carbocycles. The van der Waals surface area contributed by atoms with Crippen LogP contribution in [-0.4, -0.2) is 12.9 Å². The summed E-state index contributed by atoms with van der Waals surface area (Å²) in [5.74, 6) is 1.08. The van der Waals surface area contributed by atoms with Crippen molar-refractivity contribution >= 4 is 17.3 Å². The molecule has 1 aromatic heterocycles. The van der Waals surface area contributed by atoms with E-state index in [1.807, 2.05) is 0 Å². The summed E-state index contributed by atoms with van der Waals surface area (Å²) < 4.78 is 10.6. The Balaban J connectivity index is 2.46. The second kappa shape index (κ2) is 5.04. The van der Waals surface area contributed by atoms with E-state index in [4.69, 9.17) is 9.15 Å². The highest BCUT2D eigenvalue weighted by Crippen LogP contribution is 2.22. The average Bonchev–Trinajstić information content (AvgIpc) is 2.35. The first kappa shape index (κ1) is 12.4. The van der Waals surface area contributed by atoms with Crippen LogP contribution in [-0.2, 0) is 0 Å². The lowest BCUT2D eigenvalue weighted by atomic mass is 10.1. The lowest BCUT2D eigenvalue weighted by Crippen LogP contribution is -2.05. The molecule has 0 fully saturated rings. The van der Waals surface area contributed by atoms with Gasteiger partial charge in [0.1, 0.15) is 11.3 Å². The molecule has 2 aromatic rings. The number of carbonyl (C=O) groups is 1. The highest BCUT2D eigenvalue weighted by Gasteiger charge is 2.06. The molecular formula is C14H14O4. The molecule has 4 heteroatoms. The van der Waals surface area contributed by atoms with E-state index in [-0.39, 0.29) is 0 Å². The Bertz CT molecular complexity index is 625. The minimum Gasteiger partial charge on any atom is -0.493 e. The summed E-state index contributed by atoms with van der Waals surface area (Å²) >= 11 is 0.